The summed E-state index contributed by atoms with van der Waals surface area (Å²) < 4.78 is 6.06. The fraction of sp³-hybridized carbons (Fsp3) is 0.600. The lowest BCUT2D eigenvalue weighted by Crippen LogP contribution is -2.28. The summed E-state index contributed by atoms with van der Waals surface area (Å²) in [6, 6.07) is 10.4. The van der Waals surface area contributed by atoms with Crippen LogP contribution < -0.4 is 0 Å². The molecule has 1 rings (SSSR count). The van der Waals surface area contributed by atoms with Gasteiger partial charge in [0.05, 0.1) is 5.60 Å². The minimum absolute atomic E-state index is 0.201. The SMILES string of the molecule is CCCCCCOC(C)(CBr)c1ccccc1. The summed E-state index contributed by atoms with van der Waals surface area (Å²) in [6.45, 7) is 5.22. The first kappa shape index (κ1) is 14.7. The van der Waals surface area contributed by atoms with Gasteiger partial charge in [-0.15, -0.1) is 0 Å². The number of halogens is 1. The average molecular weight is 299 g/mol. The zero-order chi connectivity index (χ0) is 12.6. The summed E-state index contributed by atoms with van der Waals surface area (Å²) in [4.78, 5) is 0. The first-order valence-corrected chi connectivity index (χ1v) is 7.60. The van der Waals surface area contributed by atoms with Crippen LogP contribution in [0.1, 0.15) is 45.1 Å². The van der Waals surface area contributed by atoms with Crippen molar-refractivity contribution < 1.29 is 4.74 Å². The van der Waals surface area contributed by atoms with Gasteiger partial charge < -0.3 is 4.74 Å². The van der Waals surface area contributed by atoms with E-state index in [4.69, 9.17) is 4.74 Å². The van der Waals surface area contributed by atoms with Gasteiger partial charge in [0.15, 0.2) is 0 Å². The normalized spacial score (nSPS) is 14.5. The summed E-state index contributed by atoms with van der Waals surface area (Å²) in [6.07, 6.45) is 5.00. The highest BCUT2D eigenvalue weighted by Gasteiger charge is 2.25. The topological polar surface area (TPSA) is 9.23 Å². The van der Waals surface area contributed by atoms with Crippen molar-refractivity contribution >= 4 is 15.9 Å². The summed E-state index contributed by atoms with van der Waals surface area (Å²) in [5.74, 6) is 0. The van der Waals surface area contributed by atoms with Crippen LogP contribution in [0.4, 0.5) is 0 Å². The Labute approximate surface area is 114 Å². The van der Waals surface area contributed by atoms with Crippen molar-refractivity contribution in [3.05, 3.63) is 35.9 Å². The van der Waals surface area contributed by atoms with Crippen LogP contribution in [0.3, 0.4) is 0 Å². The van der Waals surface area contributed by atoms with Crippen LogP contribution >= 0.6 is 15.9 Å². The molecule has 2 heteroatoms. The highest BCUT2D eigenvalue weighted by Crippen LogP contribution is 2.27. The monoisotopic (exact) mass is 298 g/mol. The molecular formula is C15H23BrO. The van der Waals surface area contributed by atoms with E-state index in [1.54, 1.807) is 0 Å². The molecule has 0 aliphatic heterocycles. The van der Waals surface area contributed by atoms with Gasteiger partial charge in [0.1, 0.15) is 0 Å². The van der Waals surface area contributed by atoms with Crippen molar-refractivity contribution in [2.75, 3.05) is 11.9 Å². The van der Waals surface area contributed by atoms with Crippen molar-refractivity contribution in [3.63, 3.8) is 0 Å². The van der Waals surface area contributed by atoms with E-state index in [2.05, 4.69) is 54.0 Å². The molecule has 0 amide bonds. The van der Waals surface area contributed by atoms with E-state index in [-0.39, 0.29) is 5.60 Å². The summed E-state index contributed by atoms with van der Waals surface area (Å²) in [5, 5.41) is 0.831. The zero-order valence-corrected chi connectivity index (χ0v) is 12.5. The molecule has 0 fully saturated rings. The van der Waals surface area contributed by atoms with Crippen LogP contribution in [0, 0.1) is 0 Å². The van der Waals surface area contributed by atoms with Gasteiger partial charge in [0, 0.05) is 11.9 Å². The molecule has 0 radical (unpaired) electrons. The predicted molar refractivity (Wildman–Crippen MR) is 77.7 cm³/mol. The van der Waals surface area contributed by atoms with Crippen molar-refractivity contribution in [2.24, 2.45) is 0 Å². The smallest absolute Gasteiger partial charge is 0.0999 e. The number of ether oxygens (including phenoxy) is 1. The molecule has 1 nitrogen and oxygen atoms in total. The fourth-order valence-corrected chi connectivity index (χ4v) is 2.30. The van der Waals surface area contributed by atoms with Crippen molar-refractivity contribution in [1.82, 2.24) is 0 Å². The first-order chi connectivity index (χ1) is 8.23. The second-order valence-corrected chi connectivity index (χ2v) is 5.20. The van der Waals surface area contributed by atoms with Crippen LogP contribution in [0.2, 0.25) is 0 Å². The molecule has 96 valence electrons. The van der Waals surface area contributed by atoms with Gasteiger partial charge in [0.25, 0.3) is 0 Å². The molecule has 17 heavy (non-hydrogen) atoms. The maximum Gasteiger partial charge on any atom is 0.0999 e. The quantitative estimate of drug-likeness (QED) is 0.490. The van der Waals surface area contributed by atoms with Crippen LogP contribution in [0.25, 0.3) is 0 Å². The number of unbranched alkanes of at least 4 members (excludes halogenated alkanes) is 3. The molecule has 0 N–H and O–H groups in total. The number of hydrogen-bond donors (Lipinski definition) is 0. The van der Waals surface area contributed by atoms with E-state index in [9.17, 15) is 0 Å². The van der Waals surface area contributed by atoms with E-state index < -0.39 is 0 Å². The Balaban J connectivity index is 2.46. The van der Waals surface area contributed by atoms with Crippen LogP contribution in [-0.4, -0.2) is 11.9 Å². The lowest BCUT2D eigenvalue weighted by molar-refractivity contribution is -0.0185. The zero-order valence-electron chi connectivity index (χ0n) is 10.9. The van der Waals surface area contributed by atoms with Crippen molar-refractivity contribution in [2.45, 2.75) is 45.1 Å². The average Bonchev–Trinajstić information content (AvgIpc) is 2.39. The Morgan fingerprint density at radius 3 is 2.41 bits per heavy atom. The Morgan fingerprint density at radius 2 is 1.82 bits per heavy atom. The fourth-order valence-electron chi connectivity index (χ4n) is 1.82. The van der Waals surface area contributed by atoms with Crippen LogP contribution in [0.5, 0.6) is 0 Å². The summed E-state index contributed by atoms with van der Waals surface area (Å²) in [7, 11) is 0. The number of benzene rings is 1. The molecule has 0 spiro atoms. The van der Waals surface area contributed by atoms with E-state index in [1.165, 1.54) is 24.8 Å². The van der Waals surface area contributed by atoms with Gasteiger partial charge >= 0.3 is 0 Å². The maximum absolute atomic E-state index is 6.06. The lowest BCUT2D eigenvalue weighted by Gasteiger charge is -2.28. The third kappa shape index (κ3) is 4.81. The van der Waals surface area contributed by atoms with Gasteiger partial charge in [0.2, 0.25) is 0 Å². The van der Waals surface area contributed by atoms with Gasteiger partial charge in [-0.05, 0) is 18.9 Å². The number of hydrogen-bond acceptors (Lipinski definition) is 1. The first-order valence-electron chi connectivity index (χ1n) is 6.48. The molecule has 1 aromatic rings. The molecule has 1 unspecified atom stereocenters. The third-order valence-corrected chi connectivity index (χ3v) is 4.13. The maximum atomic E-state index is 6.06. The second-order valence-electron chi connectivity index (χ2n) is 4.64. The minimum atomic E-state index is -0.201. The second kappa shape index (κ2) is 7.88. The van der Waals surface area contributed by atoms with E-state index >= 15 is 0 Å². The van der Waals surface area contributed by atoms with Gasteiger partial charge in [-0.25, -0.2) is 0 Å². The molecule has 0 bridgehead atoms. The van der Waals surface area contributed by atoms with Gasteiger partial charge in [-0.3, -0.25) is 0 Å². The molecule has 1 atom stereocenters. The molecule has 0 heterocycles. The number of alkyl halides is 1. The van der Waals surface area contributed by atoms with Crippen molar-refractivity contribution in [3.8, 4) is 0 Å². The molecule has 1 aromatic carbocycles. The molecule has 0 aliphatic carbocycles. The molecule has 0 aliphatic rings. The molecular weight excluding hydrogens is 276 g/mol. The van der Waals surface area contributed by atoms with Gasteiger partial charge in [-0.2, -0.15) is 0 Å². The number of rotatable bonds is 8. The Morgan fingerprint density at radius 1 is 1.12 bits per heavy atom. The van der Waals surface area contributed by atoms with Crippen molar-refractivity contribution in [1.29, 1.82) is 0 Å². The highest BCUT2D eigenvalue weighted by molar-refractivity contribution is 9.09. The third-order valence-electron chi connectivity index (χ3n) is 3.06. The van der Waals surface area contributed by atoms with E-state index in [0.717, 1.165) is 18.4 Å². The summed E-state index contributed by atoms with van der Waals surface area (Å²) in [5.41, 5.74) is 1.04. The van der Waals surface area contributed by atoms with E-state index in [0.29, 0.717) is 0 Å². The molecule has 0 aromatic heterocycles. The Hall–Kier alpha value is -0.340. The van der Waals surface area contributed by atoms with Gasteiger partial charge in [-0.1, -0.05) is 72.4 Å². The molecule has 0 saturated carbocycles. The molecule has 0 saturated heterocycles. The minimum Gasteiger partial charge on any atom is -0.370 e. The largest absolute Gasteiger partial charge is 0.370 e. The van der Waals surface area contributed by atoms with Crippen LogP contribution in [-0.2, 0) is 10.3 Å². The van der Waals surface area contributed by atoms with E-state index in [1.807, 2.05) is 6.07 Å². The standard InChI is InChI=1S/C15H23BrO/c1-3-4-5-9-12-17-15(2,13-16)14-10-7-6-8-11-14/h6-8,10-11H,3-5,9,12-13H2,1-2H3. The summed E-state index contributed by atoms with van der Waals surface area (Å²) >= 11 is 3.57. The lowest BCUT2D eigenvalue weighted by atomic mass is 9.98. The van der Waals surface area contributed by atoms with Crippen LogP contribution in [0.15, 0.2) is 30.3 Å². The predicted octanol–water partition coefficient (Wildman–Crippen LogP) is 4.89. The Bertz CT molecular complexity index is 299. The highest BCUT2D eigenvalue weighted by atomic mass is 79.9. The Kier molecular flexibility index (Phi) is 6.83.